The van der Waals surface area contributed by atoms with Crippen molar-refractivity contribution >= 4 is 28.1 Å². The summed E-state index contributed by atoms with van der Waals surface area (Å²) >= 11 is 3.53. The van der Waals surface area contributed by atoms with Crippen molar-refractivity contribution in [1.29, 1.82) is 0 Å². The Balaban J connectivity index is 1.33. The summed E-state index contributed by atoms with van der Waals surface area (Å²) in [5.74, 6) is 1.39. The minimum Gasteiger partial charge on any atom is -0.493 e. The van der Waals surface area contributed by atoms with Crippen LogP contribution in [0.4, 0.5) is 0 Å². The number of hydrogen-bond donors (Lipinski definition) is 1. The van der Waals surface area contributed by atoms with E-state index in [0.29, 0.717) is 30.3 Å². The number of nitrogens with zero attached hydrogens (tertiary/aromatic N) is 1. The average Bonchev–Trinajstić information content (AvgIpc) is 2.92. The van der Waals surface area contributed by atoms with E-state index in [9.17, 15) is 4.79 Å². The second-order valence-electron chi connectivity index (χ2n) is 7.80. The van der Waals surface area contributed by atoms with Crippen LogP contribution in [0.15, 0.2) is 107 Å². The number of hydrazone groups is 1. The Hall–Kier alpha value is -4.10. The third-order valence-corrected chi connectivity index (χ3v) is 5.86. The molecule has 0 fully saturated rings. The smallest absolute Gasteiger partial charge is 0.271 e. The third kappa shape index (κ3) is 6.96. The van der Waals surface area contributed by atoms with Crippen LogP contribution in [-0.2, 0) is 13.2 Å². The van der Waals surface area contributed by atoms with Gasteiger partial charge in [-0.3, -0.25) is 4.79 Å². The van der Waals surface area contributed by atoms with Gasteiger partial charge in [0.15, 0.2) is 11.5 Å². The van der Waals surface area contributed by atoms with Crippen LogP contribution < -0.4 is 19.6 Å². The van der Waals surface area contributed by atoms with E-state index >= 15 is 0 Å². The predicted octanol–water partition coefficient (Wildman–Crippen LogP) is 6.38. The second kappa shape index (κ2) is 12.6. The van der Waals surface area contributed by atoms with Crippen molar-refractivity contribution in [2.75, 3.05) is 7.11 Å². The molecule has 4 aromatic rings. The number of methoxy groups -OCH3 is 1. The number of ether oxygens (including phenoxy) is 3. The fraction of sp³-hybridized carbons (Fsp3) is 0.103. The van der Waals surface area contributed by atoms with Gasteiger partial charge in [0.2, 0.25) is 0 Å². The maximum absolute atomic E-state index is 12.6. The highest BCUT2D eigenvalue weighted by Crippen LogP contribution is 2.29. The summed E-state index contributed by atoms with van der Waals surface area (Å²) < 4.78 is 17.9. The zero-order valence-electron chi connectivity index (χ0n) is 19.7. The van der Waals surface area contributed by atoms with Gasteiger partial charge in [-0.2, -0.15) is 5.10 Å². The maximum Gasteiger partial charge on any atom is 0.271 e. The van der Waals surface area contributed by atoms with Crippen LogP contribution in [0.1, 0.15) is 27.0 Å². The molecule has 0 heterocycles. The molecule has 4 rings (SSSR count). The highest BCUT2D eigenvalue weighted by Gasteiger charge is 2.11. The van der Waals surface area contributed by atoms with Gasteiger partial charge in [-0.05, 0) is 69.0 Å². The van der Waals surface area contributed by atoms with E-state index in [-0.39, 0.29) is 5.91 Å². The lowest BCUT2D eigenvalue weighted by atomic mass is 10.2. The van der Waals surface area contributed by atoms with E-state index in [4.69, 9.17) is 14.2 Å². The summed E-state index contributed by atoms with van der Waals surface area (Å²) in [6, 6.07) is 30.4. The predicted molar refractivity (Wildman–Crippen MR) is 144 cm³/mol. The first-order chi connectivity index (χ1) is 17.6. The summed E-state index contributed by atoms with van der Waals surface area (Å²) in [4.78, 5) is 12.6. The Labute approximate surface area is 218 Å². The van der Waals surface area contributed by atoms with E-state index < -0.39 is 0 Å². The minimum atomic E-state index is -0.360. The molecule has 0 saturated heterocycles. The van der Waals surface area contributed by atoms with Crippen LogP contribution in [-0.4, -0.2) is 19.2 Å². The number of halogens is 1. The molecule has 0 saturated carbocycles. The molecule has 0 aliphatic rings. The molecular formula is C29H25BrN2O4. The number of carbonyl (C=O) groups is 1. The number of benzene rings is 4. The number of amides is 1. The standard InChI is InChI=1S/C29H25BrN2O4/c1-34-28-17-24(13-15-27(28)36-20-22-10-6-3-7-11-22)29(33)32-31-18-23-12-14-26(25(30)16-23)35-19-21-8-4-2-5-9-21/h2-18H,19-20H2,1H3,(H,32,33)/b31-18+. The lowest BCUT2D eigenvalue weighted by Crippen LogP contribution is -2.17. The largest absolute Gasteiger partial charge is 0.493 e. The van der Waals surface area contributed by atoms with Gasteiger partial charge in [0.05, 0.1) is 17.8 Å². The van der Waals surface area contributed by atoms with Crippen LogP contribution in [0.2, 0.25) is 0 Å². The molecule has 0 aromatic heterocycles. The van der Waals surface area contributed by atoms with Crippen LogP contribution in [0.5, 0.6) is 17.2 Å². The van der Waals surface area contributed by atoms with E-state index in [1.54, 1.807) is 24.4 Å². The maximum atomic E-state index is 12.6. The first kappa shape index (κ1) is 25.0. The first-order valence-electron chi connectivity index (χ1n) is 11.3. The monoisotopic (exact) mass is 544 g/mol. The van der Waals surface area contributed by atoms with Crippen molar-refractivity contribution in [3.63, 3.8) is 0 Å². The minimum absolute atomic E-state index is 0.360. The van der Waals surface area contributed by atoms with Crippen molar-refractivity contribution in [3.8, 4) is 17.2 Å². The summed E-state index contributed by atoms with van der Waals surface area (Å²) in [5, 5.41) is 4.08. The molecule has 1 N–H and O–H groups in total. The van der Waals surface area contributed by atoms with Gasteiger partial charge in [0.25, 0.3) is 5.91 Å². The Morgan fingerprint density at radius 1 is 0.806 bits per heavy atom. The lowest BCUT2D eigenvalue weighted by Gasteiger charge is -2.12. The molecule has 0 bridgehead atoms. The van der Waals surface area contributed by atoms with E-state index in [0.717, 1.165) is 26.9 Å². The van der Waals surface area contributed by atoms with Crippen LogP contribution >= 0.6 is 15.9 Å². The van der Waals surface area contributed by atoms with Crippen molar-refractivity contribution < 1.29 is 19.0 Å². The van der Waals surface area contributed by atoms with E-state index in [1.165, 1.54) is 7.11 Å². The zero-order chi connectivity index (χ0) is 25.2. The Bertz CT molecular complexity index is 1330. The fourth-order valence-corrected chi connectivity index (χ4v) is 3.85. The summed E-state index contributed by atoms with van der Waals surface area (Å²) in [6.07, 6.45) is 1.57. The van der Waals surface area contributed by atoms with Gasteiger partial charge in [0.1, 0.15) is 19.0 Å². The van der Waals surface area contributed by atoms with Gasteiger partial charge in [-0.1, -0.05) is 60.7 Å². The molecule has 0 aliphatic heterocycles. The molecule has 36 heavy (non-hydrogen) atoms. The molecule has 0 aliphatic carbocycles. The highest BCUT2D eigenvalue weighted by atomic mass is 79.9. The molecule has 0 unspecified atom stereocenters. The van der Waals surface area contributed by atoms with Gasteiger partial charge in [0, 0.05) is 5.56 Å². The van der Waals surface area contributed by atoms with E-state index in [2.05, 4.69) is 26.5 Å². The second-order valence-corrected chi connectivity index (χ2v) is 8.66. The molecule has 0 spiro atoms. The lowest BCUT2D eigenvalue weighted by molar-refractivity contribution is 0.0954. The van der Waals surface area contributed by atoms with Gasteiger partial charge >= 0.3 is 0 Å². The SMILES string of the molecule is COc1cc(C(=O)N/N=C/c2ccc(OCc3ccccc3)c(Br)c2)ccc1OCc1ccccc1. The summed E-state index contributed by atoms with van der Waals surface area (Å²) in [7, 11) is 1.54. The number of nitrogens with one attached hydrogen (secondary N) is 1. The van der Waals surface area contributed by atoms with E-state index in [1.807, 2.05) is 78.9 Å². The molecule has 0 atom stereocenters. The number of rotatable bonds is 10. The first-order valence-corrected chi connectivity index (χ1v) is 12.1. The molecule has 4 aromatic carbocycles. The van der Waals surface area contributed by atoms with Crippen molar-refractivity contribution in [2.45, 2.75) is 13.2 Å². The topological polar surface area (TPSA) is 69.2 Å². The molecule has 1 amide bonds. The molecular weight excluding hydrogens is 520 g/mol. The summed E-state index contributed by atoms with van der Waals surface area (Å²) in [5.41, 5.74) is 5.88. The average molecular weight is 545 g/mol. The van der Waals surface area contributed by atoms with Gasteiger partial charge in [-0.25, -0.2) is 5.43 Å². The molecule has 182 valence electrons. The summed E-state index contributed by atoms with van der Waals surface area (Å²) in [6.45, 7) is 0.876. The van der Waals surface area contributed by atoms with Crippen molar-refractivity contribution in [3.05, 3.63) is 124 Å². The Morgan fingerprint density at radius 2 is 1.42 bits per heavy atom. The molecule has 7 heteroatoms. The van der Waals surface area contributed by atoms with Gasteiger partial charge < -0.3 is 14.2 Å². The normalized spacial score (nSPS) is 10.7. The van der Waals surface area contributed by atoms with Crippen LogP contribution in [0.25, 0.3) is 0 Å². The number of hydrogen-bond acceptors (Lipinski definition) is 5. The van der Waals surface area contributed by atoms with Crippen LogP contribution in [0, 0.1) is 0 Å². The van der Waals surface area contributed by atoms with Crippen LogP contribution in [0.3, 0.4) is 0 Å². The zero-order valence-corrected chi connectivity index (χ0v) is 21.3. The Kier molecular flexibility index (Phi) is 8.72. The van der Waals surface area contributed by atoms with Gasteiger partial charge in [-0.15, -0.1) is 0 Å². The fourth-order valence-electron chi connectivity index (χ4n) is 3.34. The number of carbonyl (C=O) groups excluding carboxylic acids is 1. The third-order valence-electron chi connectivity index (χ3n) is 5.24. The van der Waals surface area contributed by atoms with Crippen molar-refractivity contribution in [1.82, 2.24) is 5.43 Å². The quantitative estimate of drug-likeness (QED) is 0.186. The molecule has 0 radical (unpaired) electrons. The highest BCUT2D eigenvalue weighted by molar-refractivity contribution is 9.10. The van der Waals surface area contributed by atoms with Crippen molar-refractivity contribution in [2.24, 2.45) is 5.10 Å². The Morgan fingerprint density at radius 3 is 2.03 bits per heavy atom. The molecule has 6 nitrogen and oxygen atoms in total.